The Bertz CT molecular complexity index is 1920. The van der Waals surface area contributed by atoms with Gasteiger partial charge >= 0.3 is 23.5 Å². The van der Waals surface area contributed by atoms with Crippen molar-refractivity contribution in [3.63, 3.8) is 0 Å². The van der Waals surface area contributed by atoms with E-state index in [-0.39, 0.29) is 46.8 Å². The van der Waals surface area contributed by atoms with Crippen LogP contribution in [0.3, 0.4) is 0 Å². The lowest BCUT2D eigenvalue weighted by Gasteiger charge is -2.31. The number of aliphatic hydroxyl groups excluding tert-OH is 1. The van der Waals surface area contributed by atoms with Gasteiger partial charge in [-0.1, -0.05) is 20.8 Å². The number of ether oxygens (including phenoxy) is 3. The highest BCUT2D eigenvalue weighted by Crippen LogP contribution is 2.66. The van der Waals surface area contributed by atoms with Crippen LogP contribution in [0.25, 0.3) is 11.0 Å². The zero-order valence-electron chi connectivity index (χ0n) is 26.1. The number of nitro benzene ring substituents is 1. The van der Waals surface area contributed by atoms with Crippen molar-refractivity contribution in [3.8, 4) is 5.75 Å². The number of nitrogens with two attached hydrogens (primary N) is 1. The maximum atomic E-state index is 13.1. The molecule has 0 radical (unpaired) electrons. The second-order valence-electron chi connectivity index (χ2n) is 11.8. The summed E-state index contributed by atoms with van der Waals surface area (Å²) in [6.45, 7) is 4.19. The van der Waals surface area contributed by atoms with Gasteiger partial charge in [0.2, 0.25) is 5.95 Å². The average molecular weight is 757 g/mol. The molecule has 1 aliphatic heterocycles. The van der Waals surface area contributed by atoms with Crippen LogP contribution < -0.4 is 16.0 Å². The van der Waals surface area contributed by atoms with Crippen LogP contribution >= 0.6 is 23.5 Å². The van der Waals surface area contributed by atoms with Gasteiger partial charge in [0.1, 0.15) is 18.1 Å². The van der Waals surface area contributed by atoms with Crippen LogP contribution in [0.4, 0.5) is 11.6 Å². The maximum absolute atomic E-state index is 13.1. The van der Waals surface area contributed by atoms with Crippen molar-refractivity contribution in [2.24, 2.45) is 5.41 Å². The minimum atomic E-state index is -5.78. The van der Waals surface area contributed by atoms with Crippen molar-refractivity contribution in [1.29, 1.82) is 0 Å². The van der Waals surface area contributed by atoms with E-state index in [0.717, 1.165) is 0 Å². The fourth-order valence-electron chi connectivity index (χ4n) is 5.10. The predicted molar refractivity (Wildman–Crippen MR) is 166 cm³/mol. The quantitative estimate of drug-likeness (QED) is 0.0705. The third-order valence-corrected chi connectivity index (χ3v) is 10.8. The number of nitro groups is 1. The molecule has 22 nitrogen and oxygen atoms in total. The molecule has 25 heteroatoms. The van der Waals surface area contributed by atoms with Gasteiger partial charge in [0, 0.05) is 24.2 Å². The molecule has 1 aliphatic rings. The molecule has 0 spiro atoms. The number of aromatic amines is 1. The Morgan fingerprint density at radius 1 is 1.18 bits per heavy atom. The Balaban J connectivity index is 1.60. The molecule has 3 aromatic rings. The summed E-state index contributed by atoms with van der Waals surface area (Å²) >= 11 is 0. The number of hydrogen-bond donors (Lipinski definition) is 7. The van der Waals surface area contributed by atoms with Gasteiger partial charge in [-0.3, -0.25) is 24.4 Å². The molecule has 3 heterocycles. The second kappa shape index (κ2) is 14.3. The molecule has 272 valence electrons. The van der Waals surface area contributed by atoms with Crippen LogP contribution in [0, 0.1) is 15.5 Å². The predicted octanol–water partition coefficient (Wildman–Crippen LogP) is 2.52. The van der Waals surface area contributed by atoms with Crippen molar-refractivity contribution >= 4 is 46.1 Å². The SMILES string of the molecule is COc1ccc([N+](=O)[O-])c(C(OCc2cn([C@H]3C[C@@H](O)[C@@H](COP(=O)(O)OP(=O)(O)OP(=O)(O)O)O3)c3nc(N)[nH]c(=O)c23)C(C)(C)C)c1. The van der Waals surface area contributed by atoms with Crippen molar-refractivity contribution in [2.45, 2.75) is 58.3 Å². The number of fused-ring (bicyclic) bond motifs is 1. The van der Waals surface area contributed by atoms with E-state index in [1.54, 1.807) is 20.8 Å². The lowest BCUT2D eigenvalue weighted by Crippen LogP contribution is -2.26. The molecule has 49 heavy (non-hydrogen) atoms. The van der Waals surface area contributed by atoms with E-state index >= 15 is 0 Å². The molecular formula is C24H34N5O17P3. The number of aliphatic hydroxyl groups is 1. The Labute approximate surface area is 276 Å². The number of phosphoric acid groups is 3. The highest BCUT2D eigenvalue weighted by atomic mass is 31.3. The summed E-state index contributed by atoms with van der Waals surface area (Å²) in [6, 6.07) is 4.22. The summed E-state index contributed by atoms with van der Waals surface area (Å²) in [5.74, 6) is 0.0808. The molecule has 3 unspecified atom stereocenters. The zero-order chi connectivity index (χ0) is 36.7. The first-order chi connectivity index (χ1) is 22.5. The molecule has 0 bridgehead atoms. The third-order valence-electron chi connectivity index (χ3n) is 7.02. The van der Waals surface area contributed by atoms with Gasteiger partial charge in [-0.05, 0) is 17.5 Å². The van der Waals surface area contributed by atoms with Crippen LogP contribution in [0.1, 0.15) is 50.7 Å². The number of nitrogens with zero attached hydrogens (tertiary/aromatic N) is 3. The number of phosphoric ester groups is 1. The van der Waals surface area contributed by atoms with Gasteiger partial charge in [-0.15, -0.1) is 0 Å². The van der Waals surface area contributed by atoms with E-state index in [2.05, 4.69) is 23.1 Å². The number of nitrogen functional groups attached to an aromatic ring is 1. The molecule has 0 amide bonds. The first-order valence-corrected chi connectivity index (χ1v) is 18.5. The van der Waals surface area contributed by atoms with Crippen molar-refractivity contribution in [2.75, 3.05) is 19.5 Å². The molecule has 0 saturated carbocycles. The monoisotopic (exact) mass is 757 g/mol. The van der Waals surface area contributed by atoms with Crippen LogP contribution in [0.2, 0.25) is 0 Å². The summed E-state index contributed by atoms with van der Waals surface area (Å²) < 4.78 is 65.2. The van der Waals surface area contributed by atoms with Gasteiger partial charge in [-0.25, -0.2) is 13.7 Å². The smallest absolute Gasteiger partial charge is 0.490 e. The standard InChI is InChI=1S/C24H34N5O17P3/c1-24(2,3)20(14-7-13(41-4)5-6-15(14)29(32)33)42-10-12-9-28(21-19(12)22(31)27-23(25)26-21)18-8-16(30)17(44-18)11-43-48(37,38)46-49(39,40)45-47(34,35)36/h5-7,9,16-18,20,30H,8,10-11H2,1-4H3,(H,37,38)(H,39,40)(H2,34,35,36)(H3,25,26,27,31)/t16-,17-,18-,20?/m1/s1. The van der Waals surface area contributed by atoms with E-state index in [9.17, 15) is 43.5 Å². The van der Waals surface area contributed by atoms with E-state index in [0.29, 0.717) is 5.75 Å². The second-order valence-corrected chi connectivity index (χ2v) is 16.2. The average Bonchev–Trinajstić information content (AvgIpc) is 3.48. The number of nitrogens with one attached hydrogen (secondary N) is 1. The van der Waals surface area contributed by atoms with Gasteiger partial charge < -0.3 is 49.2 Å². The van der Waals surface area contributed by atoms with E-state index in [4.69, 9.17) is 29.7 Å². The fraction of sp³-hybridized carbons (Fsp3) is 0.500. The molecular weight excluding hydrogens is 723 g/mol. The lowest BCUT2D eigenvalue weighted by atomic mass is 9.83. The highest BCUT2D eigenvalue weighted by Gasteiger charge is 2.43. The summed E-state index contributed by atoms with van der Waals surface area (Å²) in [5, 5.41) is 22.5. The summed E-state index contributed by atoms with van der Waals surface area (Å²) in [6.07, 6.45) is -3.56. The van der Waals surface area contributed by atoms with Crippen LogP contribution in [-0.2, 0) is 42.9 Å². The Morgan fingerprint density at radius 2 is 1.86 bits per heavy atom. The largest absolute Gasteiger partial charge is 0.497 e. The molecule has 8 N–H and O–H groups in total. The Kier molecular flexibility index (Phi) is 11.3. The fourth-order valence-corrected chi connectivity index (χ4v) is 8.13. The normalized spacial score (nSPS) is 21.7. The number of anilines is 1. The van der Waals surface area contributed by atoms with Crippen LogP contribution in [-0.4, -0.2) is 70.1 Å². The molecule has 0 aliphatic carbocycles. The molecule has 1 aromatic carbocycles. The molecule has 6 atom stereocenters. The van der Waals surface area contributed by atoms with Crippen LogP contribution in [0.15, 0.2) is 29.2 Å². The molecule has 1 saturated heterocycles. The summed E-state index contributed by atoms with van der Waals surface area (Å²) in [7, 11) is -15.5. The summed E-state index contributed by atoms with van der Waals surface area (Å²) in [4.78, 5) is 67.5. The van der Waals surface area contributed by atoms with E-state index < -0.39 is 70.5 Å². The van der Waals surface area contributed by atoms with Crippen LogP contribution in [0.5, 0.6) is 5.75 Å². The number of rotatable bonds is 14. The Hall–Kier alpha value is -3.07. The number of hydrogen-bond acceptors (Lipinski definition) is 15. The number of aromatic nitrogens is 3. The minimum Gasteiger partial charge on any atom is -0.497 e. The lowest BCUT2D eigenvalue weighted by molar-refractivity contribution is -0.386. The molecule has 1 fully saturated rings. The van der Waals surface area contributed by atoms with Gasteiger partial charge in [0.05, 0.1) is 48.4 Å². The van der Waals surface area contributed by atoms with Crippen molar-refractivity contribution in [3.05, 3.63) is 56.0 Å². The minimum absolute atomic E-state index is 0.00902. The number of methoxy groups -OCH3 is 1. The molecule has 4 rings (SSSR count). The van der Waals surface area contributed by atoms with Gasteiger partial charge in [0.25, 0.3) is 11.2 Å². The number of H-pyrrole nitrogens is 1. The van der Waals surface area contributed by atoms with Crippen molar-refractivity contribution < 1.29 is 70.7 Å². The maximum Gasteiger partial charge on any atom is 0.490 e. The van der Waals surface area contributed by atoms with Gasteiger partial charge in [0.15, 0.2) is 5.65 Å². The topological polar surface area (TPSA) is 328 Å². The Morgan fingerprint density at radius 3 is 2.45 bits per heavy atom. The molecule has 2 aromatic heterocycles. The first kappa shape index (κ1) is 38.7. The highest BCUT2D eigenvalue weighted by molar-refractivity contribution is 7.66. The number of benzene rings is 1. The van der Waals surface area contributed by atoms with E-state index in [1.165, 1.54) is 36.1 Å². The first-order valence-electron chi connectivity index (χ1n) is 14.0. The third kappa shape index (κ3) is 9.59. The van der Waals surface area contributed by atoms with Gasteiger partial charge in [-0.2, -0.15) is 13.6 Å². The summed E-state index contributed by atoms with van der Waals surface area (Å²) in [5.41, 5.74) is 4.66. The van der Waals surface area contributed by atoms with Crippen molar-refractivity contribution in [1.82, 2.24) is 14.5 Å². The van der Waals surface area contributed by atoms with E-state index in [1.807, 2.05) is 0 Å². The zero-order valence-corrected chi connectivity index (χ0v) is 28.8.